The van der Waals surface area contributed by atoms with Crippen LogP contribution in [0.4, 0.5) is 0 Å². The summed E-state index contributed by atoms with van der Waals surface area (Å²) in [5.74, 6) is 0.726. The van der Waals surface area contributed by atoms with Gasteiger partial charge in [-0.15, -0.1) is 11.3 Å². The number of nitrogens with zero attached hydrogens (tertiary/aromatic N) is 2. The Morgan fingerprint density at radius 3 is 1.80 bits per heavy atom. The Balaban J connectivity index is 1.15. The van der Waals surface area contributed by atoms with Crippen molar-refractivity contribution >= 4 is 43.3 Å². The minimum absolute atomic E-state index is 0.452. The third kappa shape index (κ3) is 4.24. The summed E-state index contributed by atoms with van der Waals surface area (Å²) in [6.07, 6.45) is 0. The van der Waals surface area contributed by atoms with Gasteiger partial charge in [-0.3, -0.25) is 0 Å². The van der Waals surface area contributed by atoms with Crippen LogP contribution < -0.4 is 0 Å². The van der Waals surface area contributed by atoms with E-state index < -0.39 is 5.41 Å². The average Bonchev–Trinajstić information content (AvgIpc) is 3.72. The fourth-order valence-electron chi connectivity index (χ4n) is 8.36. The zero-order valence-electron chi connectivity index (χ0n) is 27.4. The number of benzene rings is 7. The van der Waals surface area contributed by atoms with Crippen LogP contribution in [0.25, 0.3) is 65.2 Å². The van der Waals surface area contributed by atoms with Crippen molar-refractivity contribution in [1.29, 1.82) is 0 Å². The van der Waals surface area contributed by atoms with Gasteiger partial charge >= 0.3 is 0 Å². The Bertz CT molecular complexity index is 2810. The van der Waals surface area contributed by atoms with Crippen molar-refractivity contribution in [3.05, 3.63) is 192 Å². The number of rotatable bonds is 3. The number of aromatic nitrogens is 2. The highest BCUT2D eigenvalue weighted by Crippen LogP contribution is 2.62. The minimum Gasteiger partial charge on any atom is -0.228 e. The van der Waals surface area contributed by atoms with Crippen molar-refractivity contribution in [3.8, 4) is 45.0 Å². The molecule has 0 amide bonds. The first kappa shape index (κ1) is 29.0. The van der Waals surface area contributed by atoms with Gasteiger partial charge in [-0.25, -0.2) is 9.97 Å². The van der Waals surface area contributed by atoms with E-state index in [4.69, 9.17) is 9.97 Å². The molecule has 1 spiro atoms. The molecule has 1 aliphatic heterocycles. The van der Waals surface area contributed by atoms with E-state index in [1.165, 1.54) is 63.3 Å². The molecule has 0 fully saturated rings. The molecular weight excluding hydrogens is 657 g/mol. The normalized spacial score (nSPS) is 13.6. The lowest BCUT2D eigenvalue weighted by Crippen LogP contribution is -2.32. The summed E-state index contributed by atoms with van der Waals surface area (Å²) >= 11 is 3.69. The van der Waals surface area contributed by atoms with Crippen molar-refractivity contribution in [3.63, 3.8) is 0 Å². The van der Waals surface area contributed by atoms with Crippen LogP contribution in [0, 0.1) is 0 Å². The number of hydrogen-bond donors (Lipinski definition) is 0. The molecule has 0 saturated heterocycles. The van der Waals surface area contributed by atoms with Gasteiger partial charge in [0.15, 0.2) is 5.82 Å². The molecule has 11 rings (SSSR count). The fourth-order valence-corrected chi connectivity index (χ4v) is 10.7. The number of fused-ring (bicyclic) bond motifs is 12. The van der Waals surface area contributed by atoms with Gasteiger partial charge in [-0.05, 0) is 69.8 Å². The van der Waals surface area contributed by atoms with Gasteiger partial charge in [0, 0.05) is 46.7 Å². The molecular formula is C47H28N2S2. The monoisotopic (exact) mass is 684 g/mol. The summed E-state index contributed by atoms with van der Waals surface area (Å²) in [7, 11) is 0. The van der Waals surface area contributed by atoms with Crippen molar-refractivity contribution in [2.45, 2.75) is 15.2 Å². The summed E-state index contributed by atoms with van der Waals surface area (Å²) in [4.78, 5) is 13.2. The maximum Gasteiger partial charge on any atom is 0.160 e. The van der Waals surface area contributed by atoms with Gasteiger partial charge in [-0.1, -0.05) is 145 Å². The molecule has 2 aliphatic rings. The van der Waals surface area contributed by atoms with Crippen LogP contribution in [-0.4, -0.2) is 9.97 Å². The van der Waals surface area contributed by atoms with Crippen LogP contribution >= 0.6 is 23.1 Å². The van der Waals surface area contributed by atoms with Crippen LogP contribution in [-0.2, 0) is 5.41 Å². The molecule has 0 radical (unpaired) electrons. The average molecular weight is 685 g/mol. The fraction of sp³-hybridized carbons (Fsp3) is 0.0213. The van der Waals surface area contributed by atoms with Gasteiger partial charge in [-0.2, -0.15) is 0 Å². The first-order chi connectivity index (χ1) is 25.3. The molecule has 7 aromatic carbocycles. The highest BCUT2D eigenvalue weighted by atomic mass is 32.2. The van der Waals surface area contributed by atoms with Gasteiger partial charge in [0.2, 0.25) is 0 Å². The zero-order chi connectivity index (χ0) is 33.5. The van der Waals surface area contributed by atoms with Gasteiger partial charge < -0.3 is 0 Å². The molecule has 2 aromatic heterocycles. The van der Waals surface area contributed by atoms with Crippen molar-refractivity contribution in [2.24, 2.45) is 0 Å². The molecule has 1 aliphatic carbocycles. The van der Waals surface area contributed by atoms with Crippen LogP contribution in [0.3, 0.4) is 0 Å². The summed E-state index contributed by atoms with van der Waals surface area (Å²) in [5, 5.41) is 2.58. The van der Waals surface area contributed by atoms with E-state index >= 15 is 0 Å². The summed E-state index contributed by atoms with van der Waals surface area (Å²) in [5.41, 5.74) is 12.4. The molecule has 3 heterocycles. The SMILES string of the molecule is c1ccc(-c2cc(-c3ccc4c(c3)sc3ccccc34)nc(-c3ccc4c(c3)C3(c5ccccc5S4)c4ccccc4-c4ccccc43)n2)cc1. The minimum atomic E-state index is -0.452. The maximum absolute atomic E-state index is 5.34. The standard InChI is InChI=1S/C47H28N2S2/c1-2-12-29(13-3-1)40-28-41(30-22-24-35-34-16-6-10-20-42(34)50-45(35)27-30)49-46(48-40)31-23-25-44-39(26-31)47(38-19-9-11-21-43(38)51-44)36-17-7-4-14-32(36)33-15-5-8-18-37(33)47/h1-28H. The van der Waals surface area contributed by atoms with E-state index in [1.54, 1.807) is 0 Å². The molecule has 0 unspecified atom stereocenters. The van der Waals surface area contributed by atoms with Gasteiger partial charge in [0.1, 0.15) is 0 Å². The van der Waals surface area contributed by atoms with Crippen LogP contribution in [0.2, 0.25) is 0 Å². The topological polar surface area (TPSA) is 25.8 Å². The van der Waals surface area contributed by atoms with Gasteiger partial charge in [0.05, 0.1) is 16.8 Å². The first-order valence-corrected chi connectivity index (χ1v) is 18.9. The molecule has 4 heteroatoms. The molecule has 0 bridgehead atoms. The second-order valence-corrected chi connectivity index (χ2v) is 15.5. The molecule has 0 atom stereocenters. The zero-order valence-corrected chi connectivity index (χ0v) is 29.0. The predicted molar refractivity (Wildman–Crippen MR) is 213 cm³/mol. The Morgan fingerprint density at radius 1 is 0.392 bits per heavy atom. The lowest BCUT2D eigenvalue weighted by Gasteiger charge is -2.39. The third-order valence-corrected chi connectivity index (χ3v) is 12.9. The smallest absolute Gasteiger partial charge is 0.160 e. The lowest BCUT2D eigenvalue weighted by atomic mass is 9.67. The van der Waals surface area contributed by atoms with Crippen molar-refractivity contribution in [1.82, 2.24) is 9.97 Å². The van der Waals surface area contributed by atoms with Crippen LogP contribution in [0.1, 0.15) is 22.3 Å². The Hall–Kier alpha value is -5.81. The molecule has 2 nitrogen and oxygen atoms in total. The molecule has 0 saturated carbocycles. The molecule has 51 heavy (non-hydrogen) atoms. The van der Waals surface area contributed by atoms with Crippen LogP contribution in [0.5, 0.6) is 0 Å². The first-order valence-electron chi connectivity index (χ1n) is 17.2. The summed E-state index contributed by atoms with van der Waals surface area (Å²) in [6.45, 7) is 0. The second kappa shape index (κ2) is 11.1. The predicted octanol–water partition coefficient (Wildman–Crippen LogP) is 12.7. The Labute approximate surface area is 304 Å². The van der Waals surface area contributed by atoms with E-state index in [0.29, 0.717) is 0 Å². The highest BCUT2D eigenvalue weighted by Gasteiger charge is 2.50. The maximum atomic E-state index is 5.34. The summed E-state index contributed by atoms with van der Waals surface area (Å²) < 4.78 is 2.57. The van der Waals surface area contributed by atoms with E-state index in [-0.39, 0.29) is 0 Å². The van der Waals surface area contributed by atoms with E-state index in [1.807, 2.05) is 23.1 Å². The summed E-state index contributed by atoms with van der Waals surface area (Å²) in [6, 6.07) is 61.8. The molecule has 0 N–H and O–H groups in total. The van der Waals surface area contributed by atoms with Crippen molar-refractivity contribution in [2.75, 3.05) is 0 Å². The Morgan fingerprint density at radius 2 is 1.00 bits per heavy atom. The molecule has 238 valence electrons. The largest absolute Gasteiger partial charge is 0.228 e. The lowest BCUT2D eigenvalue weighted by molar-refractivity contribution is 0.722. The third-order valence-electron chi connectivity index (χ3n) is 10.6. The van der Waals surface area contributed by atoms with Crippen LogP contribution in [0.15, 0.2) is 180 Å². The molecule has 9 aromatic rings. The van der Waals surface area contributed by atoms with E-state index in [0.717, 1.165) is 33.9 Å². The van der Waals surface area contributed by atoms with E-state index in [9.17, 15) is 0 Å². The number of hydrogen-bond acceptors (Lipinski definition) is 4. The number of thiophene rings is 1. The van der Waals surface area contributed by atoms with Crippen molar-refractivity contribution < 1.29 is 0 Å². The Kier molecular flexibility index (Phi) is 6.30. The van der Waals surface area contributed by atoms with E-state index in [2.05, 4.69) is 170 Å². The second-order valence-electron chi connectivity index (χ2n) is 13.3. The quantitative estimate of drug-likeness (QED) is 0.185. The highest BCUT2D eigenvalue weighted by molar-refractivity contribution is 7.99. The van der Waals surface area contributed by atoms with Gasteiger partial charge in [0.25, 0.3) is 0 Å².